The average Bonchev–Trinajstić information content (AvgIpc) is 2.48. The first-order valence-corrected chi connectivity index (χ1v) is 7.57. The molecule has 0 aliphatic carbocycles. The van der Waals surface area contributed by atoms with Crippen molar-refractivity contribution in [2.45, 2.75) is 6.92 Å². The van der Waals surface area contributed by atoms with Gasteiger partial charge in [0, 0.05) is 8.96 Å². The lowest BCUT2D eigenvalue weighted by Crippen LogP contribution is -1.99. The number of hydrogen-bond acceptors (Lipinski definition) is 4. The summed E-state index contributed by atoms with van der Waals surface area (Å²) in [5, 5.41) is 4.35. The molecule has 0 spiro atoms. The number of ether oxygens (including phenoxy) is 1. The number of aromatic nitrogens is 2. The van der Waals surface area contributed by atoms with Crippen LogP contribution in [0.15, 0.2) is 42.7 Å². The van der Waals surface area contributed by atoms with Crippen LogP contribution >= 0.6 is 22.6 Å². The summed E-state index contributed by atoms with van der Waals surface area (Å²) in [7, 11) is 1.66. The summed E-state index contributed by atoms with van der Waals surface area (Å²) in [5.74, 6) is 1.57. The first kappa shape index (κ1) is 14.1. The zero-order valence-electron chi connectivity index (χ0n) is 11.7. The molecule has 0 radical (unpaired) electrons. The predicted molar refractivity (Wildman–Crippen MR) is 93.3 cm³/mol. The summed E-state index contributed by atoms with van der Waals surface area (Å²) in [6.45, 7) is 2.05. The lowest BCUT2D eigenvalue weighted by molar-refractivity contribution is 0.416. The molecule has 0 unspecified atom stereocenters. The number of hydrogen-bond donors (Lipinski definition) is 1. The van der Waals surface area contributed by atoms with Gasteiger partial charge >= 0.3 is 0 Å². The highest BCUT2D eigenvalue weighted by Crippen LogP contribution is 2.30. The minimum atomic E-state index is 0.780. The predicted octanol–water partition coefficient (Wildman–Crippen LogP) is 4.30. The van der Waals surface area contributed by atoms with Crippen LogP contribution in [0.1, 0.15) is 5.56 Å². The van der Waals surface area contributed by atoms with E-state index in [2.05, 4.69) is 43.9 Å². The first-order chi connectivity index (χ1) is 10.2. The topological polar surface area (TPSA) is 47.0 Å². The molecule has 5 heteroatoms. The van der Waals surface area contributed by atoms with Crippen molar-refractivity contribution in [1.82, 2.24) is 9.97 Å². The number of nitrogens with one attached hydrogen (secondary N) is 1. The fraction of sp³-hybridized carbons (Fsp3) is 0.125. The van der Waals surface area contributed by atoms with E-state index in [-0.39, 0.29) is 0 Å². The normalized spacial score (nSPS) is 10.6. The van der Waals surface area contributed by atoms with Gasteiger partial charge in [-0.25, -0.2) is 9.97 Å². The quantitative estimate of drug-likeness (QED) is 0.677. The van der Waals surface area contributed by atoms with Gasteiger partial charge in [-0.15, -0.1) is 0 Å². The first-order valence-electron chi connectivity index (χ1n) is 6.49. The van der Waals surface area contributed by atoms with Crippen molar-refractivity contribution in [2.24, 2.45) is 0 Å². The lowest BCUT2D eigenvalue weighted by Gasteiger charge is -2.12. The molecule has 0 atom stereocenters. The summed E-state index contributed by atoms with van der Waals surface area (Å²) in [6, 6.07) is 12.1. The molecule has 21 heavy (non-hydrogen) atoms. The highest BCUT2D eigenvalue weighted by atomic mass is 127. The van der Waals surface area contributed by atoms with Crippen molar-refractivity contribution in [3.63, 3.8) is 0 Å². The summed E-state index contributed by atoms with van der Waals surface area (Å²) < 4.78 is 6.55. The largest absolute Gasteiger partial charge is 0.495 e. The fourth-order valence-corrected chi connectivity index (χ4v) is 2.67. The van der Waals surface area contributed by atoms with E-state index in [1.165, 1.54) is 0 Å². The van der Waals surface area contributed by atoms with Crippen LogP contribution in [0.25, 0.3) is 10.9 Å². The van der Waals surface area contributed by atoms with Gasteiger partial charge in [0.2, 0.25) is 0 Å². The monoisotopic (exact) mass is 391 g/mol. The van der Waals surface area contributed by atoms with Crippen molar-refractivity contribution in [1.29, 1.82) is 0 Å². The molecule has 3 aromatic rings. The third-order valence-electron chi connectivity index (χ3n) is 3.21. The van der Waals surface area contributed by atoms with Crippen molar-refractivity contribution in [3.8, 4) is 5.75 Å². The second-order valence-electron chi connectivity index (χ2n) is 4.71. The van der Waals surface area contributed by atoms with E-state index in [9.17, 15) is 0 Å². The molecule has 0 bridgehead atoms. The molecule has 1 N–H and O–H groups in total. The number of halogens is 1. The van der Waals surface area contributed by atoms with Gasteiger partial charge in [0.1, 0.15) is 17.9 Å². The van der Waals surface area contributed by atoms with Gasteiger partial charge in [-0.1, -0.05) is 6.07 Å². The van der Waals surface area contributed by atoms with Crippen LogP contribution in [0.3, 0.4) is 0 Å². The van der Waals surface area contributed by atoms with Crippen LogP contribution in [-0.4, -0.2) is 17.1 Å². The van der Waals surface area contributed by atoms with Crippen LogP contribution < -0.4 is 10.1 Å². The van der Waals surface area contributed by atoms with E-state index in [1.807, 2.05) is 37.3 Å². The Kier molecular flexibility index (Phi) is 3.92. The molecule has 106 valence electrons. The van der Waals surface area contributed by atoms with E-state index in [0.29, 0.717) is 0 Å². The molecular formula is C16H14IN3O. The highest BCUT2D eigenvalue weighted by Gasteiger charge is 2.08. The Labute approximate surface area is 136 Å². The molecule has 0 fully saturated rings. The number of rotatable bonds is 3. The summed E-state index contributed by atoms with van der Waals surface area (Å²) in [6.07, 6.45) is 1.57. The molecule has 2 aromatic carbocycles. The van der Waals surface area contributed by atoms with Gasteiger partial charge in [0.15, 0.2) is 0 Å². The molecule has 4 nitrogen and oxygen atoms in total. The summed E-state index contributed by atoms with van der Waals surface area (Å²) in [5.41, 5.74) is 2.97. The van der Waals surface area contributed by atoms with Crippen molar-refractivity contribution >= 4 is 45.0 Å². The second kappa shape index (κ2) is 5.85. The van der Waals surface area contributed by atoms with Crippen molar-refractivity contribution in [3.05, 3.63) is 51.9 Å². The number of methoxy groups -OCH3 is 1. The van der Waals surface area contributed by atoms with Crippen LogP contribution in [-0.2, 0) is 0 Å². The van der Waals surface area contributed by atoms with E-state index < -0.39 is 0 Å². The number of nitrogens with zero attached hydrogens (tertiary/aromatic N) is 2. The molecule has 0 aliphatic rings. The van der Waals surface area contributed by atoms with Crippen molar-refractivity contribution in [2.75, 3.05) is 12.4 Å². The van der Waals surface area contributed by atoms with E-state index in [4.69, 9.17) is 4.74 Å². The number of anilines is 2. The maximum absolute atomic E-state index is 5.40. The van der Waals surface area contributed by atoms with Crippen LogP contribution in [0.5, 0.6) is 5.75 Å². The second-order valence-corrected chi connectivity index (χ2v) is 5.96. The fourth-order valence-electron chi connectivity index (χ4n) is 2.18. The molecule has 0 amide bonds. The van der Waals surface area contributed by atoms with Gasteiger partial charge in [-0.3, -0.25) is 0 Å². The molecule has 0 saturated heterocycles. The Balaban J connectivity index is 2.10. The molecule has 1 heterocycles. The maximum atomic E-state index is 5.40. The molecule has 0 aliphatic heterocycles. The van der Waals surface area contributed by atoms with Gasteiger partial charge in [0.05, 0.1) is 18.3 Å². The lowest BCUT2D eigenvalue weighted by atomic mass is 10.2. The third-order valence-corrected chi connectivity index (χ3v) is 3.88. The molecule has 3 rings (SSSR count). The molecular weight excluding hydrogens is 377 g/mol. The van der Waals surface area contributed by atoms with Gasteiger partial charge in [-0.2, -0.15) is 0 Å². The third kappa shape index (κ3) is 2.92. The summed E-state index contributed by atoms with van der Waals surface area (Å²) >= 11 is 2.29. The van der Waals surface area contributed by atoms with Gasteiger partial charge in [0.25, 0.3) is 0 Å². The van der Waals surface area contributed by atoms with E-state index in [0.717, 1.165) is 37.3 Å². The SMILES string of the molecule is COc1ccc(C)cc1Nc1ncnc2ccc(I)cc12. The Morgan fingerprint density at radius 3 is 2.76 bits per heavy atom. The van der Waals surface area contributed by atoms with Gasteiger partial charge in [-0.05, 0) is 65.4 Å². The molecule has 1 aromatic heterocycles. The van der Waals surface area contributed by atoms with E-state index in [1.54, 1.807) is 13.4 Å². The number of aryl methyl sites for hydroxylation is 1. The molecule has 0 saturated carbocycles. The smallest absolute Gasteiger partial charge is 0.142 e. The van der Waals surface area contributed by atoms with Crippen LogP contribution in [0, 0.1) is 10.5 Å². The minimum Gasteiger partial charge on any atom is -0.495 e. The zero-order chi connectivity index (χ0) is 14.8. The summed E-state index contributed by atoms with van der Waals surface area (Å²) in [4.78, 5) is 8.67. The Hall–Kier alpha value is -1.89. The average molecular weight is 391 g/mol. The highest BCUT2D eigenvalue weighted by molar-refractivity contribution is 14.1. The van der Waals surface area contributed by atoms with Crippen LogP contribution in [0.2, 0.25) is 0 Å². The Bertz CT molecular complexity index is 805. The maximum Gasteiger partial charge on any atom is 0.142 e. The zero-order valence-corrected chi connectivity index (χ0v) is 13.9. The van der Waals surface area contributed by atoms with Gasteiger partial charge < -0.3 is 10.1 Å². The van der Waals surface area contributed by atoms with Crippen LogP contribution in [0.4, 0.5) is 11.5 Å². The Morgan fingerprint density at radius 2 is 1.95 bits per heavy atom. The number of fused-ring (bicyclic) bond motifs is 1. The minimum absolute atomic E-state index is 0.780. The Morgan fingerprint density at radius 1 is 1.10 bits per heavy atom. The van der Waals surface area contributed by atoms with E-state index >= 15 is 0 Å². The van der Waals surface area contributed by atoms with Crippen molar-refractivity contribution < 1.29 is 4.74 Å². The number of benzene rings is 2. The standard InChI is InChI=1S/C16H14IN3O/c1-10-3-6-15(21-2)14(7-10)20-16-12-8-11(17)4-5-13(12)18-9-19-16/h3-9H,1-2H3,(H,18,19,20).